The number of carbonyl (C=O) groups excluding carboxylic acids is 1. The van der Waals surface area contributed by atoms with E-state index in [4.69, 9.17) is 5.11 Å². The number of hydrogen-bond donors (Lipinski definition) is 1. The van der Waals surface area contributed by atoms with Crippen molar-refractivity contribution in [3.8, 4) is 0 Å². The molecule has 0 fully saturated rings. The summed E-state index contributed by atoms with van der Waals surface area (Å²) in [5.74, 6) is -1.45. The Kier molecular flexibility index (Phi) is 4.64. The van der Waals surface area contributed by atoms with Gasteiger partial charge in [0, 0.05) is 5.69 Å². The van der Waals surface area contributed by atoms with Crippen LogP contribution < -0.4 is 4.90 Å². The Balaban J connectivity index is 2.38. The molecule has 1 aromatic carbocycles. The Hall–Kier alpha value is -2.28. The zero-order valence-corrected chi connectivity index (χ0v) is 12.6. The van der Waals surface area contributed by atoms with Crippen LogP contribution in [0.3, 0.4) is 0 Å². The average molecular weight is 305 g/mol. The fraction of sp³-hybridized carbons (Fsp3) is 0.286. The zero-order chi connectivity index (χ0) is 15.4. The number of carbonyl (C=O) groups is 2. The number of aryl methyl sites for hydroxylation is 2. The van der Waals surface area contributed by atoms with Crippen molar-refractivity contribution in [1.82, 2.24) is 9.59 Å². The molecule has 1 heterocycles. The highest BCUT2D eigenvalue weighted by Gasteiger charge is 2.24. The summed E-state index contributed by atoms with van der Waals surface area (Å²) < 4.78 is 3.78. The highest BCUT2D eigenvalue weighted by Crippen LogP contribution is 2.21. The van der Waals surface area contributed by atoms with Crippen molar-refractivity contribution in [2.45, 2.75) is 20.3 Å². The van der Waals surface area contributed by atoms with E-state index in [2.05, 4.69) is 9.59 Å². The molecule has 0 atom stereocenters. The highest BCUT2D eigenvalue weighted by molar-refractivity contribution is 7.08. The minimum Gasteiger partial charge on any atom is -0.480 e. The molecule has 0 aliphatic rings. The van der Waals surface area contributed by atoms with E-state index in [1.54, 1.807) is 12.1 Å². The van der Waals surface area contributed by atoms with Crippen LogP contribution in [0.5, 0.6) is 0 Å². The third-order valence-corrected chi connectivity index (χ3v) is 3.73. The van der Waals surface area contributed by atoms with Crippen molar-refractivity contribution in [2.24, 2.45) is 0 Å². The van der Waals surface area contributed by atoms with Crippen LogP contribution in [-0.4, -0.2) is 33.1 Å². The molecule has 1 amide bonds. The number of rotatable bonds is 5. The predicted molar refractivity (Wildman–Crippen MR) is 79.8 cm³/mol. The summed E-state index contributed by atoms with van der Waals surface area (Å²) in [5.41, 5.74) is 2.17. The first-order valence-electron chi connectivity index (χ1n) is 6.44. The first-order valence-corrected chi connectivity index (χ1v) is 7.21. The van der Waals surface area contributed by atoms with Crippen molar-refractivity contribution < 1.29 is 14.7 Å². The molecular weight excluding hydrogens is 290 g/mol. The van der Waals surface area contributed by atoms with Gasteiger partial charge in [-0.1, -0.05) is 29.1 Å². The van der Waals surface area contributed by atoms with Crippen LogP contribution in [0.4, 0.5) is 5.69 Å². The van der Waals surface area contributed by atoms with Crippen LogP contribution >= 0.6 is 11.5 Å². The topological polar surface area (TPSA) is 83.4 Å². The Bertz CT molecular complexity index is 652. The van der Waals surface area contributed by atoms with E-state index in [1.807, 2.05) is 26.0 Å². The molecule has 2 rings (SSSR count). The number of aromatic nitrogens is 2. The van der Waals surface area contributed by atoms with E-state index < -0.39 is 12.5 Å². The molecule has 0 spiro atoms. The van der Waals surface area contributed by atoms with Gasteiger partial charge in [0.25, 0.3) is 5.91 Å². The maximum Gasteiger partial charge on any atom is 0.323 e. The number of hydrogen-bond acceptors (Lipinski definition) is 5. The van der Waals surface area contributed by atoms with Crippen LogP contribution in [0.1, 0.15) is 27.9 Å². The minimum absolute atomic E-state index is 0.381. The zero-order valence-electron chi connectivity index (χ0n) is 11.7. The lowest BCUT2D eigenvalue weighted by Gasteiger charge is -2.20. The minimum atomic E-state index is -1.07. The number of benzene rings is 1. The number of carboxylic acids is 1. The van der Waals surface area contributed by atoms with Gasteiger partial charge in [0.2, 0.25) is 0 Å². The van der Waals surface area contributed by atoms with E-state index in [-0.39, 0.29) is 5.91 Å². The fourth-order valence-corrected chi connectivity index (χ4v) is 2.57. The second kappa shape index (κ2) is 6.45. The molecule has 0 bridgehead atoms. The quantitative estimate of drug-likeness (QED) is 0.915. The van der Waals surface area contributed by atoms with Crippen molar-refractivity contribution in [1.29, 1.82) is 0 Å². The van der Waals surface area contributed by atoms with Crippen molar-refractivity contribution in [2.75, 3.05) is 11.4 Å². The van der Waals surface area contributed by atoms with Gasteiger partial charge in [-0.2, -0.15) is 0 Å². The van der Waals surface area contributed by atoms with Gasteiger partial charge in [0.15, 0.2) is 0 Å². The number of carboxylic acid groups (broad SMARTS) is 1. The number of aliphatic carboxylic acids is 1. The Morgan fingerprint density at radius 2 is 1.95 bits per heavy atom. The molecule has 1 N–H and O–H groups in total. The normalized spacial score (nSPS) is 10.4. The van der Waals surface area contributed by atoms with E-state index in [0.29, 0.717) is 22.7 Å². The van der Waals surface area contributed by atoms with Gasteiger partial charge in [0.1, 0.15) is 11.4 Å². The Morgan fingerprint density at radius 1 is 1.29 bits per heavy atom. The van der Waals surface area contributed by atoms with Crippen LogP contribution in [0, 0.1) is 6.92 Å². The van der Waals surface area contributed by atoms with Gasteiger partial charge in [0.05, 0.1) is 5.69 Å². The summed E-state index contributed by atoms with van der Waals surface area (Å²) >= 11 is 0.990. The molecule has 0 unspecified atom stereocenters. The van der Waals surface area contributed by atoms with Gasteiger partial charge in [-0.3, -0.25) is 14.5 Å². The van der Waals surface area contributed by atoms with Crippen LogP contribution in [0.2, 0.25) is 0 Å². The molecule has 0 saturated heterocycles. The van der Waals surface area contributed by atoms with Crippen molar-refractivity contribution in [3.63, 3.8) is 0 Å². The molecule has 110 valence electrons. The van der Waals surface area contributed by atoms with Crippen LogP contribution in [0.25, 0.3) is 0 Å². The Labute approximate surface area is 126 Å². The first-order chi connectivity index (χ1) is 10.0. The monoisotopic (exact) mass is 305 g/mol. The first kappa shape index (κ1) is 15.1. The summed E-state index contributed by atoms with van der Waals surface area (Å²) in [6.45, 7) is 3.40. The predicted octanol–water partition coefficient (Wildman–Crippen LogP) is 2.14. The van der Waals surface area contributed by atoms with Crippen LogP contribution in [0.15, 0.2) is 24.3 Å². The molecule has 2 aromatic rings. The van der Waals surface area contributed by atoms with Crippen LogP contribution in [-0.2, 0) is 11.2 Å². The van der Waals surface area contributed by atoms with Gasteiger partial charge in [-0.25, -0.2) is 0 Å². The lowest BCUT2D eigenvalue weighted by molar-refractivity contribution is -0.135. The maximum atomic E-state index is 12.6. The molecule has 21 heavy (non-hydrogen) atoms. The summed E-state index contributed by atoms with van der Waals surface area (Å²) in [6.07, 6.45) is 0.576. The molecule has 7 heteroatoms. The van der Waals surface area contributed by atoms with E-state index in [9.17, 15) is 9.59 Å². The SMILES string of the molecule is CCc1nnsc1C(=O)N(CC(=O)O)c1ccc(C)cc1. The third-order valence-electron chi connectivity index (χ3n) is 2.97. The van der Waals surface area contributed by atoms with Gasteiger partial charge in [-0.15, -0.1) is 5.10 Å². The van der Waals surface area contributed by atoms with Crippen molar-refractivity contribution >= 4 is 29.1 Å². The number of nitrogens with zero attached hydrogens (tertiary/aromatic N) is 3. The summed E-state index contributed by atoms with van der Waals surface area (Å²) in [5, 5.41) is 12.9. The second-order valence-corrected chi connectivity index (χ2v) is 5.28. The Morgan fingerprint density at radius 3 is 2.52 bits per heavy atom. The second-order valence-electron chi connectivity index (χ2n) is 4.52. The van der Waals surface area contributed by atoms with E-state index in [0.717, 1.165) is 17.1 Å². The molecule has 6 nitrogen and oxygen atoms in total. The van der Waals surface area contributed by atoms with Gasteiger partial charge < -0.3 is 5.11 Å². The fourth-order valence-electron chi connectivity index (χ4n) is 1.87. The lowest BCUT2D eigenvalue weighted by Crippen LogP contribution is -2.35. The van der Waals surface area contributed by atoms with Crippen molar-refractivity contribution in [3.05, 3.63) is 40.4 Å². The molecule has 0 saturated carbocycles. The summed E-state index contributed by atoms with van der Waals surface area (Å²) in [6, 6.07) is 7.14. The summed E-state index contributed by atoms with van der Waals surface area (Å²) in [4.78, 5) is 25.3. The highest BCUT2D eigenvalue weighted by atomic mass is 32.1. The smallest absolute Gasteiger partial charge is 0.323 e. The average Bonchev–Trinajstić information content (AvgIpc) is 2.93. The molecule has 1 aromatic heterocycles. The van der Waals surface area contributed by atoms with Gasteiger partial charge >= 0.3 is 5.97 Å². The standard InChI is InChI=1S/C14H15N3O3S/c1-3-11-13(21-16-15-11)14(20)17(8-12(18)19)10-6-4-9(2)5-7-10/h4-7H,3,8H2,1-2H3,(H,18,19). The number of anilines is 1. The molecular formula is C14H15N3O3S. The third kappa shape index (κ3) is 3.43. The largest absolute Gasteiger partial charge is 0.480 e. The van der Waals surface area contributed by atoms with E-state index in [1.165, 1.54) is 4.90 Å². The van der Waals surface area contributed by atoms with E-state index >= 15 is 0 Å². The summed E-state index contributed by atoms with van der Waals surface area (Å²) in [7, 11) is 0. The molecule has 0 aliphatic heterocycles. The van der Waals surface area contributed by atoms with Gasteiger partial charge in [-0.05, 0) is 37.0 Å². The molecule has 0 radical (unpaired) electrons. The lowest BCUT2D eigenvalue weighted by atomic mass is 10.2. The number of amides is 1. The maximum absolute atomic E-state index is 12.6. The molecule has 0 aliphatic carbocycles.